The number of benzene rings is 4. The smallest absolute Gasteiger partial charge is 0.258 e. The molecular weight excluding hydrogens is 777 g/mol. The molecule has 8 rings (SSSR count). The zero-order chi connectivity index (χ0) is 39.5. The SMILES string of the molecule is O=C(c1ccccc1)c1ccc(N2C(=O)[C@H]3[C@H](CC=C4[C@H]3C[C@@]3(Cl)C(=O)N(c5c(F)c(F)c(F)c(F)c5F)C(=O)[C@@]3(Cl)[C@H]4c3cccc(F)c3O)C2=O)cc1. The van der Waals surface area contributed by atoms with E-state index in [0.717, 1.165) is 23.1 Å². The molecule has 6 atom stereocenters. The molecule has 8 nitrogen and oxygen atoms in total. The number of aromatic hydroxyl groups is 1. The van der Waals surface area contributed by atoms with Crippen LogP contribution in [0.3, 0.4) is 0 Å². The molecule has 4 aliphatic rings. The summed E-state index contributed by atoms with van der Waals surface area (Å²) in [5.74, 6) is -25.8. The summed E-state index contributed by atoms with van der Waals surface area (Å²) >= 11 is 14.1. The Kier molecular flexibility index (Phi) is 8.32. The highest BCUT2D eigenvalue weighted by atomic mass is 35.5. The molecule has 55 heavy (non-hydrogen) atoms. The van der Waals surface area contributed by atoms with Gasteiger partial charge >= 0.3 is 0 Å². The lowest BCUT2D eigenvalue weighted by molar-refractivity contribution is -0.125. The molecule has 0 spiro atoms. The van der Waals surface area contributed by atoms with Gasteiger partial charge in [-0.1, -0.05) is 54.1 Å². The van der Waals surface area contributed by atoms with Gasteiger partial charge < -0.3 is 5.11 Å². The van der Waals surface area contributed by atoms with Crippen LogP contribution in [0, 0.1) is 52.7 Å². The number of fused-ring (bicyclic) bond motifs is 4. The van der Waals surface area contributed by atoms with Crippen LogP contribution in [0.25, 0.3) is 0 Å². The fourth-order valence-electron chi connectivity index (χ4n) is 8.45. The number of alkyl halides is 2. The Morgan fingerprint density at radius 1 is 0.691 bits per heavy atom. The molecule has 1 saturated carbocycles. The molecule has 2 saturated heterocycles. The van der Waals surface area contributed by atoms with Gasteiger partial charge in [-0.3, -0.25) is 28.9 Å². The number of nitrogens with zero attached hydrogens (tertiary/aromatic N) is 2. The molecule has 0 radical (unpaired) electrons. The Bertz CT molecular complexity index is 2420. The third-order valence-corrected chi connectivity index (χ3v) is 12.4. The van der Waals surface area contributed by atoms with Crippen molar-refractivity contribution in [2.75, 3.05) is 9.80 Å². The van der Waals surface area contributed by atoms with Gasteiger partial charge in [-0.15, -0.1) is 23.2 Å². The number of ketones is 1. The number of allylic oxidation sites excluding steroid dienone is 2. The summed E-state index contributed by atoms with van der Waals surface area (Å²) < 4.78 is 88.4. The van der Waals surface area contributed by atoms with Crippen molar-refractivity contribution in [3.8, 4) is 5.75 Å². The Labute approximate surface area is 316 Å². The normalized spacial score (nSPS) is 27.2. The maximum atomic E-state index is 15.2. The number of carbonyl (C=O) groups excluding carboxylic acids is 5. The van der Waals surface area contributed by atoms with Crippen molar-refractivity contribution in [2.24, 2.45) is 17.8 Å². The van der Waals surface area contributed by atoms with Crippen LogP contribution in [0.2, 0.25) is 0 Å². The molecule has 2 aliphatic carbocycles. The molecule has 3 fully saturated rings. The molecule has 4 aromatic carbocycles. The van der Waals surface area contributed by atoms with Crippen molar-refractivity contribution in [3.63, 3.8) is 0 Å². The van der Waals surface area contributed by atoms with Gasteiger partial charge in [0, 0.05) is 22.6 Å². The molecule has 2 heterocycles. The second-order valence-electron chi connectivity index (χ2n) is 13.6. The maximum absolute atomic E-state index is 15.2. The number of rotatable bonds is 5. The lowest BCUT2D eigenvalue weighted by Crippen LogP contribution is -2.60. The minimum atomic E-state index is -2.93. The Hall–Kier alpha value is -5.47. The van der Waals surface area contributed by atoms with Gasteiger partial charge in [0.25, 0.3) is 11.8 Å². The van der Waals surface area contributed by atoms with Crippen LogP contribution in [0.5, 0.6) is 5.75 Å². The van der Waals surface area contributed by atoms with E-state index in [2.05, 4.69) is 0 Å². The lowest BCUT2D eigenvalue weighted by atomic mass is 9.56. The second-order valence-corrected chi connectivity index (χ2v) is 14.9. The van der Waals surface area contributed by atoms with Gasteiger partial charge in [0.2, 0.25) is 17.6 Å². The monoisotopic (exact) mass is 798 g/mol. The van der Waals surface area contributed by atoms with E-state index in [1.165, 1.54) is 30.3 Å². The van der Waals surface area contributed by atoms with Gasteiger partial charge in [0.05, 0.1) is 17.5 Å². The van der Waals surface area contributed by atoms with Crippen molar-refractivity contribution in [2.45, 2.75) is 28.5 Å². The summed E-state index contributed by atoms with van der Waals surface area (Å²) in [7, 11) is 0. The molecule has 16 heteroatoms. The first kappa shape index (κ1) is 36.5. The van der Waals surface area contributed by atoms with Crippen LogP contribution >= 0.6 is 23.2 Å². The van der Waals surface area contributed by atoms with E-state index in [1.54, 1.807) is 30.3 Å². The molecule has 280 valence electrons. The van der Waals surface area contributed by atoms with Crippen LogP contribution in [-0.2, 0) is 19.2 Å². The van der Waals surface area contributed by atoms with Crippen molar-refractivity contribution in [1.29, 1.82) is 0 Å². The summed E-state index contributed by atoms with van der Waals surface area (Å²) in [6, 6.07) is 17.0. The average Bonchev–Trinajstić information content (AvgIpc) is 3.52. The van der Waals surface area contributed by atoms with Crippen LogP contribution in [0.1, 0.15) is 40.2 Å². The van der Waals surface area contributed by atoms with Gasteiger partial charge in [-0.25, -0.2) is 31.2 Å². The predicted molar refractivity (Wildman–Crippen MR) is 183 cm³/mol. The number of hydrogen-bond donors (Lipinski definition) is 1. The van der Waals surface area contributed by atoms with Gasteiger partial charge in [0.1, 0.15) is 5.69 Å². The topological polar surface area (TPSA) is 112 Å². The van der Waals surface area contributed by atoms with Crippen LogP contribution < -0.4 is 9.80 Å². The van der Waals surface area contributed by atoms with E-state index >= 15 is 8.78 Å². The number of carbonyl (C=O) groups is 5. The van der Waals surface area contributed by atoms with Gasteiger partial charge in [-0.2, -0.15) is 0 Å². The quantitative estimate of drug-likeness (QED) is 0.0434. The highest BCUT2D eigenvalue weighted by molar-refractivity contribution is 6.58. The highest BCUT2D eigenvalue weighted by Crippen LogP contribution is 2.67. The first-order valence-corrected chi connectivity index (χ1v) is 17.3. The van der Waals surface area contributed by atoms with Crippen molar-refractivity contribution >= 4 is 64.0 Å². The molecule has 0 aromatic heterocycles. The standard InChI is InChI=1S/C39H22Cl2F6N2O6/c40-38-15-22-19(13-14-20-24(22)35(53)48(34(20)52)18-11-9-17(10-12-18)32(50)16-5-2-1-3-6-16)25(21-7-4-8-23(42)33(21)51)39(38,41)37(55)49(36(38)54)31-29(46)27(44)26(43)28(45)30(31)47/h1-13,20,22,24-25,51H,14-15H2/t20-,22+,24-,25+,38+,39-/m0/s1. The third-order valence-electron chi connectivity index (χ3n) is 11.0. The van der Waals surface area contributed by atoms with E-state index in [1.807, 2.05) is 0 Å². The summed E-state index contributed by atoms with van der Waals surface area (Å²) in [5.41, 5.74) is -1.66. The minimum Gasteiger partial charge on any atom is -0.505 e. The largest absolute Gasteiger partial charge is 0.505 e. The molecule has 4 aromatic rings. The van der Waals surface area contributed by atoms with Gasteiger partial charge in [-0.05, 0) is 49.1 Å². The van der Waals surface area contributed by atoms with Gasteiger partial charge in [0.15, 0.2) is 50.4 Å². The van der Waals surface area contributed by atoms with E-state index in [9.17, 15) is 46.6 Å². The van der Waals surface area contributed by atoms with E-state index in [0.29, 0.717) is 5.56 Å². The van der Waals surface area contributed by atoms with Crippen LogP contribution in [0.4, 0.5) is 37.7 Å². The summed E-state index contributed by atoms with van der Waals surface area (Å²) in [6.45, 7) is 0. The summed E-state index contributed by atoms with van der Waals surface area (Å²) in [5, 5.41) is 11.0. The second kappa shape index (κ2) is 12.5. The molecule has 0 bridgehead atoms. The fourth-order valence-corrected chi connectivity index (χ4v) is 9.38. The van der Waals surface area contributed by atoms with Crippen molar-refractivity contribution < 1.29 is 55.4 Å². The van der Waals surface area contributed by atoms with Crippen LogP contribution in [-0.4, -0.2) is 44.3 Å². The van der Waals surface area contributed by atoms with E-state index in [-0.39, 0.29) is 33.9 Å². The molecule has 1 N–H and O–H groups in total. The van der Waals surface area contributed by atoms with E-state index in [4.69, 9.17) is 23.2 Å². The first-order chi connectivity index (χ1) is 26.1. The number of imide groups is 2. The first-order valence-electron chi connectivity index (χ1n) is 16.6. The summed E-state index contributed by atoms with van der Waals surface area (Å²) in [6.07, 6.45) is 0.447. The van der Waals surface area contributed by atoms with E-state index < -0.39 is 115 Å². The number of amides is 4. The zero-order valence-electron chi connectivity index (χ0n) is 27.6. The number of phenols is 1. The Morgan fingerprint density at radius 2 is 1.29 bits per heavy atom. The number of hydrogen-bond acceptors (Lipinski definition) is 6. The maximum Gasteiger partial charge on any atom is 0.258 e. The van der Waals surface area contributed by atoms with Crippen LogP contribution in [0.15, 0.2) is 84.4 Å². The highest BCUT2D eigenvalue weighted by Gasteiger charge is 2.77. The predicted octanol–water partition coefficient (Wildman–Crippen LogP) is 7.23. The minimum absolute atomic E-state index is 0.0284. The Balaban J connectivity index is 1.24. The zero-order valence-corrected chi connectivity index (χ0v) is 29.1. The average molecular weight is 800 g/mol. The van der Waals surface area contributed by atoms with Crippen molar-refractivity contribution in [1.82, 2.24) is 0 Å². The molecular formula is C39H22Cl2F6N2O6. The third kappa shape index (κ3) is 4.83. The molecule has 2 aliphatic heterocycles. The Morgan fingerprint density at radius 3 is 1.93 bits per heavy atom. The van der Waals surface area contributed by atoms with Crippen molar-refractivity contribution in [3.05, 3.63) is 136 Å². The number of anilines is 2. The number of para-hydroxylation sites is 1. The lowest BCUT2D eigenvalue weighted by Gasteiger charge is -2.50. The summed E-state index contributed by atoms with van der Waals surface area (Å²) in [4.78, 5) is 64.7. The fraction of sp³-hybridized carbons (Fsp3) is 0.205. The molecule has 0 unspecified atom stereocenters. The number of phenolic OH excluding ortho intramolecular Hbond substituents is 1. The molecule has 4 amide bonds. The number of halogens is 8.